The summed E-state index contributed by atoms with van der Waals surface area (Å²) in [6.45, 7) is 8.37. The molecular weight excluding hydrogens is 265 g/mol. The lowest BCUT2D eigenvalue weighted by Crippen LogP contribution is -2.62. The molecule has 2 saturated carbocycles. The van der Waals surface area contributed by atoms with Gasteiger partial charge >= 0.3 is 0 Å². The zero-order valence-electron chi connectivity index (χ0n) is 14.0. The first kappa shape index (κ1) is 18.1. The van der Waals surface area contributed by atoms with Crippen LogP contribution in [0.3, 0.4) is 0 Å². The van der Waals surface area contributed by atoms with Gasteiger partial charge < -0.3 is 5.21 Å². The summed E-state index contributed by atoms with van der Waals surface area (Å²) in [6.07, 6.45) is 12.1. The predicted octanol–water partition coefficient (Wildman–Crippen LogP) is 5.46. The van der Waals surface area contributed by atoms with Crippen molar-refractivity contribution in [3.63, 3.8) is 0 Å². The molecule has 2 aliphatic carbocycles. The Morgan fingerprint density at radius 2 is 1.30 bits per heavy atom. The smallest absolute Gasteiger partial charge is 0.0711 e. The molecule has 0 saturated heterocycles. The maximum Gasteiger partial charge on any atom is 0.0711 e. The van der Waals surface area contributed by atoms with E-state index in [9.17, 15) is 5.21 Å². The predicted molar refractivity (Wildman–Crippen MR) is 91.3 cm³/mol. The van der Waals surface area contributed by atoms with Crippen LogP contribution < -0.4 is 0 Å². The topological polar surface area (TPSA) is 23.5 Å². The fourth-order valence-electron chi connectivity index (χ4n) is 3.92. The zero-order valence-corrected chi connectivity index (χ0v) is 15.0. The van der Waals surface area contributed by atoms with E-state index in [1.54, 1.807) is 5.06 Å². The first-order valence-corrected chi connectivity index (χ1v) is 9.06. The van der Waals surface area contributed by atoms with Crippen molar-refractivity contribution in [1.29, 1.82) is 0 Å². The lowest BCUT2D eigenvalue weighted by atomic mass is 9.74. The molecule has 0 aromatic heterocycles. The van der Waals surface area contributed by atoms with Crippen LogP contribution >= 0.6 is 8.86 Å². The fourth-order valence-corrected chi connectivity index (χ4v) is 4.28. The Morgan fingerprint density at radius 1 is 0.900 bits per heavy atom. The Hall–Kier alpha value is 0.0900. The van der Waals surface area contributed by atoms with Crippen LogP contribution in [0.1, 0.15) is 91.9 Å². The Kier molecular flexibility index (Phi) is 7.18. The van der Waals surface area contributed by atoms with Crippen LogP contribution in [-0.2, 0) is 0 Å². The van der Waals surface area contributed by atoms with E-state index >= 15 is 0 Å². The summed E-state index contributed by atoms with van der Waals surface area (Å²) >= 11 is 0. The van der Waals surface area contributed by atoms with Crippen LogP contribution in [0.2, 0.25) is 0 Å². The normalized spacial score (nSPS) is 24.7. The van der Waals surface area contributed by atoms with Gasteiger partial charge in [0.25, 0.3) is 0 Å². The Balaban J connectivity index is 0.000000956. The second-order valence-electron chi connectivity index (χ2n) is 6.59. The quantitative estimate of drug-likeness (QED) is 0.552. The van der Waals surface area contributed by atoms with Gasteiger partial charge in [-0.1, -0.05) is 52.4 Å². The monoisotopic (exact) mass is 299 g/mol. The Labute approximate surface area is 128 Å². The molecule has 2 aliphatic rings. The van der Waals surface area contributed by atoms with Gasteiger partial charge in [0.15, 0.2) is 0 Å². The second-order valence-corrected chi connectivity index (χ2v) is 7.34. The lowest BCUT2D eigenvalue weighted by Gasteiger charge is -2.52. The molecule has 0 heterocycles. The first-order valence-electron chi connectivity index (χ1n) is 8.56. The Morgan fingerprint density at radius 3 is 1.70 bits per heavy atom. The molecule has 20 heavy (non-hydrogen) atoms. The molecule has 0 amide bonds. The summed E-state index contributed by atoms with van der Waals surface area (Å²) in [5.41, 5.74) is -0.148. The molecule has 0 bridgehead atoms. The van der Waals surface area contributed by atoms with E-state index in [1.165, 1.54) is 43.8 Å². The van der Waals surface area contributed by atoms with Crippen LogP contribution in [0.25, 0.3) is 0 Å². The Bertz CT molecular complexity index is 304. The molecule has 0 radical (unpaired) electrons. The van der Waals surface area contributed by atoms with Gasteiger partial charge in [-0.25, -0.2) is 0 Å². The van der Waals surface area contributed by atoms with Crippen molar-refractivity contribution in [2.45, 2.75) is 103 Å². The highest BCUT2D eigenvalue weighted by atomic mass is 31.0. The molecule has 0 unspecified atom stereocenters. The van der Waals surface area contributed by atoms with Crippen molar-refractivity contribution in [3.05, 3.63) is 0 Å². The molecule has 2 nitrogen and oxygen atoms in total. The third-order valence-corrected chi connectivity index (χ3v) is 5.69. The highest BCUT2D eigenvalue weighted by Crippen LogP contribution is 2.43. The third kappa shape index (κ3) is 3.64. The van der Waals surface area contributed by atoms with Crippen LogP contribution in [0.4, 0.5) is 0 Å². The van der Waals surface area contributed by atoms with E-state index in [-0.39, 0.29) is 11.1 Å². The summed E-state index contributed by atoms with van der Waals surface area (Å²) in [5, 5.41) is 13.9. The minimum Gasteiger partial charge on any atom is -0.313 e. The van der Waals surface area contributed by atoms with Gasteiger partial charge in [0.05, 0.1) is 5.54 Å². The molecule has 118 valence electrons. The van der Waals surface area contributed by atoms with Crippen molar-refractivity contribution in [2.75, 3.05) is 0 Å². The number of hydrogen-bond acceptors (Lipinski definition) is 2. The highest BCUT2D eigenvalue weighted by Gasteiger charge is 2.47. The van der Waals surface area contributed by atoms with Crippen molar-refractivity contribution in [2.24, 2.45) is 0 Å². The molecule has 1 N–H and O–H groups in total. The minimum absolute atomic E-state index is 0.0243. The minimum atomic E-state index is -0.124. The summed E-state index contributed by atoms with van der Waals surface area (Å²) in [6, 6.07) is 0. The molecule has 0 aromatic rings. The van der Waals surface area contributed by atoms with E-state index in [0.717, 1.165) is 25.7 Å². The van der Waals surface area contributed by atoms with Crippen molar-refractivity contribution >= 4 is 14.2 Å². The van der Waals surface area contributed by atoms with Crippen LogP contribution in [-0.4, -0.2) is 26.6 Å². The lowest BCUT2D eigenvalue weighted by molar-refractivity contribution is -0.231. The third-order valence-electron chi connectivity index (χ3n) is 5.23. The fraction of sp³-hybridized carbons (Fsp3) is 0.941. The highest BCUT2D eigenvalue weighted by molar-refractivity contribution is 7.21. The molecule has 0 spiro atoms. The molecule has 0 aliphatic heterocycles. The molecule has 0 aromatic carbocycles. The largest absolute Gasteiger partial charge is 0.313 e. The summed E-state index contributed by atoms with van der Waals surface area (Å²) < 4.78 is 0. The number of hydroxylamine groups is 2. The molecule has 3 heteroatoms. The van der Waals surface area contributed by atoms with E-state index in [4.69, 9.17) is 0 Å². The SMILES string of the molecule is CC.CC(=P)C1(N(O)C2(C)CCCCC2)CCCCC1. The van der Waals surface area contributed by atoms with Crippen molar-refractivity contribution in [3.8, 4) is 0 Å². The van der Waals surface area contributed by atoms with Gasteiger partial charge in [0.2, 0.25) is 0 Å². The van der Waals surface area contributed by atoms with E-state index < -0.39 is 0 Å². The number of hydrogen-bond donors (Lipinski definition) is 1. The summed E-state index contributed by atoms with van der Waals surface area (Å²) in [5.74, 6) is 0. The number of rotatable bonds is 3. The maximum atomic E-state index is 11.0. The standard InChI is InChI=1S/C15H28NOP.C2H6/c1-13(18)15(11-7-4-8-12-15)16(17)14(2)9-5-3-6-10-14;1-2/h17-18H,3-12H2,1-2H3;1-2H3. The van der Waals surface area contributed by atoms with Gasteiger partial charge in [0, 0.05) is 5.54 Å². The molecule has 2 rings (SSSR count). The maximum absolute atomic E-state index is 11.0. The number of nitrogens with zero attached hydrogens (tertiary/aromatic N) is 1. The van der Waals surface area contributed by atoms with Crippen molar-refractivity contribution < 1.29 is 5.21 Å². The van der Waals surface area contributed by atoms with E-state index in [0.29, 0.717) is 0 Å². The second kappa shape index (κ2) is 7.92. The molecular formula is C17H34NOP. The molecule has 2 fully saturated rings. The summed E-state index contributed by atoms with van der Waals surface area (Å²) in [7, 11) is 3.75. The van der Waals surface area contributed by atoms with Crippen molar-refractivity contribution in [1.82, 2.24) is 5.06 Å². The van der Waals surface area contributed by atoms with Crippen LogP contribution in [0.15, 0.2) is 0 Å². The van der Waals surface area contributed by atoms with Gasteiger partial charge in [-0.05, 0) is 44.8 Å². The van der Waals surface area contributed by atoms with Gasteiger partial charge in [-0.2, -0.15) is 5.06 Å². The van der Waals surface area contributed by atoms with Gasteiger partial charge in [-0.15, -0.1) is 8.86 Å². The van der Waals surface area contributed by atoms with E-state index in [2.05, 4.69) is 22.7 Å². The average molecular weight is 299 g/mol. The summed E-state index contributed by atoms with van der Waals surface area (Å²) in [4.78, 5) is 0. The average Bonchev–Trinajstić information content (AvgIpc) is 2.50. The molecule has 0 atom stereocenters. The van der Waals surface area contributed by atoms with Gasteiger partial charge in [0.1, 0.15) is 0 Å². The zero-order chi connectivity index (χ0) is 15.2. The van der Waals surface area contributed by atoms with E-state index in [1.807, 2.05) is 13.8 Å². The first-order chi connectivity index (χ1) is 9.51. The van der Waals surface area contributed by atoms with Crippen LogP contribution in [0.5, 0.6) is 0 Å². The van der Waals surface area contributed by atoms with Crippen LogP contribution in [0, 0.1) is 0 Å². The van der Waals surface area contributed by atoms with Gasteiger partial charge in [-0.3, -0.25) is 0 Å².